The number of aliphatic carboxylic acids is 1. The van der Waals surface area contributed by atoms with Crippen LogP contribution in [0.15, 0.2) is 36.4 Å². The van der Waals surface area contributed by atoms with Crippen molar-refractivity contribution in [2.45, 2.75) is 46.5 Å². The number of hydrogen-bond acceptors (Lipinski definition) is 9. The van der Waals surface area contributed by atoms with Crippen molar-refractivity contribution in [3.63, 3.8) is 0 Å². The second-order valence-corrected chi connectivity index (χ2v) is 7.79. The summed E-state index contributed by atoms with van der Waals surface area (Å²) >= 11 is 0. The molecule has 1 unspecified atom stereocenters. The molecule has 0 aromatic heterocycles. The number of rotatable bonds is 10. The first-order chi connectivity index (χ1) is 17.8. The highest BCUT2D eigenvalue weighted by molar-refractivity contribution is 5.92. The molecule has 0 aliphatic heterocycles. The number of anilines is 2. The molecule has 0 radical (unpaired) electrons. The van der Waals surface area contributed by atoms with Gasteiger partial charge in [0.25, 0.3) is 11.4 Å². The molecule has 0 bridgehead atoms. The van der Waals surface area contributed by atoms with Crippen LogP contribution < -0.4 is 10.6 Å². The van der Waals surface area contributed by atoms with Crippen LogP contribution >= 0.6 is 0 Å². The van der Waals surface area contributed by atoms with Crippen LogP contribution in [0.1, 0.15) is 51.2 Å². The number of amides is 2. The Morgan fingerprint density at radius 1 is 0.895 bits per heavy atom. The van der Waals surface area contributed by atoms with Crippen molar-refractivity contribution in [2.24, 2.45) is 0 Å². The molecule has 0 aliphatic rings. The van der Waals surface area contributed by atoms with Gasteiger partial charge in [-0.15, -0.1) is 0 Å². The third kappa shape index (κ3) is 9.64. The van der Waals surface area contributed by atoms with Crippen molar-refractivity contribution < 1.29 is 38.9 Å². The molecule has 0 fully saturated rings. The number of esters is 1. The number of carboxylic acid groups (broad SMARTS) is 1. The van der Waals surface area contributed by atoms with Crippen LogP contribution in [-0.4, -0.2) is 45.3 Å². The first kappa shape index (κ1) is 31.2. The molecule has 2 aromatic carbocycles. The van der Waals surface area contributed by atoms with Crippen LogP contribution in [0.5, 0.6) is 0 Å². The molecule has 0 saturated carbocycles. The highest BCUT2D eigenvalue weighted by atomic mass is 16.6. The molecule has 2 amide bonds. The van der Waals surface area contributed by atoms with Gasteiger partial charge < -0.3 is 20.5 Å². The number of benzene rings is 2. The lowest BCUT2D eigenvalue weighted by Crippen LogP contribution is -2.12. The van der Waals surface area contributed by atoms with E-state index >= 15 is 0 Å². The van der Waals surface area contributed by atoms with Gasteiger partial charge in [0, 0.05) is 26.0 Å². The fourth-order valence-electron chi connectivity index (χ4n) is 3.28. The van der Waals surface area contributed by atoms with Crippen LogP contribution in [0.3, 0.4) is 0 Å². The molecule has 3 N–H and O–H groups in total. The summed E-state index contributed by atoms with van der Waals surface area (Å²) in [6.07, 6.45) is 0.279. The number of nitrogens with one attached hydrogen (secondary N) is 2. The maximum absolute atomic E-state index is 11.3. The molecule has 2 rings (SSSR count). The van der Waals surface area contributed by atoms with E-state index in [0.29, 0.717) is 17.5 Å². The number of ether oxygens (including phenoxy) is 1. The standard InChI is InChI=1S/2C12H14N2O5/c1-3-19-12(16)7-9-4-5-10(13-8(2)15)11(6-9)14(17)18;1-3-9(12(16)17)8-4-5-10(13-7(2)15)11(6-8)14(18)19/h4-6H,3,7H2,1-2H3,(H,13,15);4-6,9H,3H2,1-2H3,(H,13,15)(H,16,17). The van der Waals surface area contributed by atoms with E-state index in [0.717, 1.165) is 0 Å². The first-order valence-electron chi connectivity index (χ1n) is 11.3. The quantitative estimate of drug-likeness (QED) is 0.229. The average Bonchev–Trinajstić information content (AvgIpc) is 2.80. The van der Waals surface area contributed by atoms with Gasteiger partial charge in [-0.2, -0.15) is 0 Å². The molecule has 2 aromatic rings. The van der Waals surface area contributed by atoms with Crippen LogP contribution in [0.2, 0.25) is 0 Å². The Kier molecular flexibility index (Phi) is 12.0. The van der Waals surface area contributed by atoms with Gasteiger partial charge in [-0.3, -0.25) is 39.4 Å². The van der Waals surface area contributed by atoms with E-state index < -0.39 is 39.5 Å². The molecule has 1 atom stereocenters. The van der Waals surface area contributed by atoms with Crippen LogP contribution in [0.25, 0.3) is 0 Å². The van der Waals surface area contributed by atoms with Gasteiger partial charge in [0.1, 0.15) is 11.4 Å². The van der Waals surface area contributed by atoms with Gasteiger partial charge in [0.2, 0.25) is 11.8 Å². The highest BCUT2D eigenvalue weighted by Gasteiger charge is 2.23. The van der Waals surface area contributed by atoms with Crippen molar-refractivity contribution >= 4 is 46.5 Å². The zero-order valence-corrected chi connectivity index (χ0v) is 21.2. The number of nitro groups is 2. The third-order valence-electron chi connectivity index (χ3n) is 4.86. The smallest absolute Gasteiger partial charge is 0.310 e. The van der Waals surface area contributed by atoms with E-state index in [2.05, 4.69) is 10.6 Å². The summed E-state index contributed by atoms with van der Waals surface area (Å²) in [5.74, 6) is -3.12. The molecule has 0 aliphatic carbocycles. The second-order valence-electron chi connectivity index (χ2n) is 7.79. The molecule has 38 heavy (non-hydrogen) atoms. The Bertz CT molecular complexity index is 1230. The molecular formula is C24H28N4O10. The van der Waals surface area contributed by atoms with E-state index in [1.807, 2.05) is 0 Å². The Hall–Kier alpha value is -4.88. The Morgan fingerprint density at radius 2 is 1.39 bits per heavy atom. The van der Waals surface area contributed by atoms with Crippen molar-refractivity contribution in [1.29, 1.82) is 0 Å². The van der Waals surface area contributed by atoms with Crippen LogP contribution in [0.4, 0.5) is 22.7 Å². The van der Waals surface area contributed by atoms with Crippen molar-refractivity contribution in [1.82, 2.24) is 0 Å². The predicted molar refractivity (Wildman–Crippen MR) is 136 cm³/mol. The monoisotopic (exact) mass is 532 g/mol. The lowest BCUT2D eigenvalue weighted by Gasteiger charge is -2.11. The minimum atomic E-state index is -1.04. The molecule has 14 nitrogen and oxygen atoms in total. The van der Waals surface area contributed by atoms with Gasteiger partial charge >= 0.3 is 11.9 Å². The number of hydrogen-bond donors (Lipinski definition) is 3. The average molecular weight is 533 g/mol. The largest absolute Gasteiger partial charge is 0.481 e. The van der Waals surface area contributed by atoms with Gasteiger partial charge in [0.15, 0.2) is 0 Å². The minimum Gasteiger partial charge on any atom is -0.481 e. The van der Waals surface area contributed by atoms with Gasteiger partial charge in [-0.1, -0.05) is 19.1 Å². The normalized spacial score (nSPS) is 10.7. The maximum atomic E-state index is 11.3. The van der Waals surface area contributed by atoms with E-state index in [9.17, 15) is 39.4 Å². The Morgan fingerprint density at radius 3 is 1.82 bits per heavy atom. The SMILES string of the molecule is CCC(C(=O)O)c1ccc(NC(C)=O)c([N+](=O)[O-])c1.CCOC(=O)Cc1ccc(NC(C)=O)c([N+](=O)[O-])c1. The second kappa shape index (κ2) is 14.6. The molecular weight excluding hydrogens is 504 g/mol. The summed E-state index contributed by atoms with van der Waals surface area (Å²) in [4.78, 5) is 64.8. The van der Waals surface area contributed by atoms with Crippen molar-refractivity contribution in [2.75, 3.05) is 17.2 Å². The number of carboxylic acids is 1. The Labute approximate surface area is 217 Å². The first-order valence-corrected chi connectivity index (χ1v) is 11.3. The molecule has 0 spiro atoms. The van der Waals surface area contributed by atoms with Gasteiger partial charge in [-0.05, 0) is 36.6 Å². The lowest BCUT2D eigenvalue weighted by atomic mass is 9.96. The zero-order chi connectivity index (χ0) is 29.0. The molecule has 204 valence electrons. The maximum Gasteiger partial charge on any atom is 0.310 e. The molecule has 0 heterocycles. The number of nitrogens with zero attached hydrogens (tertiary/aromatic N) is 2. The van der Waals surface area contributed by atoms with Crippen LogP contribution in [-0.2, 0) is 30.3 Å². The lowest BCUT2D eigenvalue weighted by molar-refractivity contribution is -0.384. The third-order valence-corrected chi connectivity index (χ3v) is 4.86. The van der Waals surface area contributed by atoms with Crippen molar-refractivity contribution in [3.8, 4) is 0 Å². The fourth-order valence-corrected chi connectivity index (χ4v) is 3.28. The summed E-state index contributed by atoms with van der Waals surface area (Å²) in [7, 11) is 0. The number of carbonyl (C=O) groups excluding carboxylic acids is 3. The summed E-state index contributed by atoms with van der Waals surface area (Å²) in [6.45, 7) is 6.12. The highest BCUT2D eigenvalue weighted by Crippen LogP contribution is 2.30. The van der Waals surface area contributed by atoms with E-state index in [1.54, 1.807) is 13.8 Å². The minimum absolute atomic E-state index is 0.0466. The van der Waals surface area contributed by atoms with Crippen LogP contribution in [0, 0.1) is 20.2 Å². The predicted octanol–water partition coefficient (Wildman–Crippen LogP) is 3.79. The van der Waals surface area contributed by atoms with Crippen molar-refractivity contribution in [3.05, 3.63) is 67.8 Å². The summed E-state index contributed by atoms with van der Waals surface area (Å²) in [6, 6.07) is 8.19. The van der Waals surface area contributed by atoms with Gasteiger partial charge in [-0.25, -0.2) is 0 Å². The van der Waals surface area contributed by atoms with E-state index in [1.165, 1.54) is 50.2 Å². The number of nitro benzene ring substituents is 2. The fraction of sp³-hybridized carbons (Fsp3) is 0.333. The molecule has 14 heteroatoms. The number of carbonyl (C=O) groups is 4. The molecule has 0 saturated heterocycles. The summed E-state index contributed by atoms with van der Waals surface area (Å²) in [5.41, 5.74) is 0.394. The summed E-state index contributed by atoms with van der Waals surface area (Å²) in [5, 5.41) is 35.6. The van der Waals surface area contributed by atoms with Gasteiger partial charge in [0.05, 0.1) is 28.8 Å². The van der Waals surface area contributed by atoms with E-state index in [4.69, 9.17) is 9.84 Å². The van der Waals surface area contributed by atoms with E-state index in [-0.39, 0.29) is 35.8 Å². The topological polar surface area (TPSA) is 208 Å². The summed E-state index contributed by atoms with van der Waals surface area (Å²) < 4.78 is 4.76. The Balaban J connectivity index is 0.000000380. The zero-order valence-electron chi connectivity index (χ0n) is 21.2.